The monoisotopic (exact) mass is 256 g/mol. The molecule has 1 saturated heterocycles. The highest BCUT2D eigenvalue weighted by atomic mass is 19.4. The second kappa shape index (κ2) is 2.92. The summed E-state index contributed by atoms with van der Waals surface area (Å²) < 4.78 is 92.5. The zero-order valence-corrected chi connectivity index (χ0v) is 7.37. The maximum absolute atomic E-state index is 13.2. The van der Waals surface area contributed by atoms with Gasteiger partial charge in [0.2, 0.25) is 0 Å². The summed E-state index contributed by atoms with van der Waals surface area (Å²) in [6, 6.07) is 0. The van der Waals surface area contributed by atoms with E-state index in [0.717, 1.165) is 0 Å². The Morgan fingerprint density at radius 2 is 1.44 bits per heavy atom. The van der Waals surface area contributed by atoms with E-state index in [4.69, 9.17) is 0 Å². The van der Waals surface area contributed by atoms with Crippen molar-refractivity contribution in [1.82, 2.24) is 0 Å². The normalized spacial score (nSPS) is 35.9. The van der Waals surface area contributed by atoms with E-state index in [0.29, 0.717) is 0 Å². The molecule has 0 aromatic heterocycles. The number of hydrogen-bond donors (Lipinski definition) is 0. The SMILES string of the molecule is CC1(C(F)(F)F)OC(=O)OC1(F)C(F)(F)F. The van der Waals surface area contributed by atoms with Crippen molar-refractivity contribution in [2.75, 3.05) is 0 Å². The number of carbonyl (C=O) groups is 1. The topological polar surface area (TPSA) is 35.5 Å². The van der Waals surface area contributed by atoms with Crippen molar-refractivity contribution in [2.24, 2.45) is 0 Å². The first kappa shape index (κ1) is 12.8. The van der Waals surface area contributed by atoms with Crippen LogP contribution in [0.15, 0.2) is 0 Å². The van der Waals surface area contributed by atoms with Gasteiger partial charge < -0.3 is 9.47 Å². The summed E-state index contributed by atoms with van der Waals surface area (Å²) in [6.45, 7) is -0.259. The summed E-state index contributed by atoms with van der Waals surface area (Å²) in [4.78, 5) is 10.3. The molecule has 1 aliphatic heterocycles. The van der Waals surface area contributed by atoms with Gasteiger partial charge in [-0.1, -0.05) is 0 Å². The first-order chi connectivity index (χ1) is 6.85. The minimum Gasteiger partial charge on any atom is -0.410 e. The predicted octanol–water partition coefficient (Wildman–Crippen LogP) is 2.70. The number of carbonyl (C=O) groups excluding carboxylic acids is 1. The highest BCUT2D eigenvalue weighted by molar-refractivity contribution is 5.64. The minimum absolute atomic E-state index is 0.259. The number of rotatable bonds is 0. The van der Waals surface area contributed by atoms with Crippen molar-refractivity contribution in [1.29, 1.82) is 0 Å². The first-order valence-electron chi connectivity index (χ1n) is 3.59. The van der Waals surface area contributed by atoms with Gasteiger partial charge in [-0.3, -0.25) is 0 Å². The Kier molecular flexibility index (Phi) is 2.34. The molecule has 0 bridgehead atoms. The van der Waals surface area contributed by atoms with Crippen LogP contribution >= 0.6 is 0 Å². The maximum Gasteiger partial charge on any atom is 0.512 e. The molecule has 1 rings (SSSR count). The molecular formula is C6H3F7O3. The maximum atomic E-state index is 13.2. The highest BCUT2D eigenvalue weighted by Gasteiger charge is 2.85. The van der Waals surface area contributed by atoms with Gasteiger partial charge in [0, 0.05) is 0 Å². The second-order valence-electron chi connectivity index (χ2n) is 3.08. The van der Waals surface area contributed by atoms with Crippen LogP contribution in [0.3, 0.4) is 0 Å². The third kappa shape index (κ3) is 1.39. The summed E-state index contributed by atoms with van der Waals surface area (Å²) in [6.07, 6.45) is -14.2. The fourth-order valence-electron chi connectivity index (χ4n) is 1.03. The number of alkyl halides is 7. The lowest BCUT2D eigenvalue weighted by atomic mass is 9.95. The fraction of sp³-hybridized carbons (Fsp3) is 0.833. The molecule has 16 heavy (non-hydrogen) atoms. The van der Waals surface area contributed by atoms with Crippen LogP contribution in [0.25, 0.3) is 0 Å². The first-order valence-corrected chi connectivity index (χ1v) is 3.59. The molecule has 1 fully saturated rings. The molecule has 0 spiro atoms. The molecular weight excluding hydrogens is 253 g/mol. The van der Waals surface area contributed by atoms with Crippen LogP contribution in [-0.4, -0.2) is 30.0 Å². The Hall–Kier alpha value is -1.22. The Bertz CT molecular complexity index is 291. The van der Waals surface area contributed by atoms with E-state index in [9.17, 15) is 35.5 Å². The van der Waals surface area contributed by atoms with Gasteiger partial charge >= 0.3 is 24.4 Å². The molecule has 0 aromatic rings. The lowest BCUT2D eigenvalue weighted by Crippen LogP contribution is -2.63. The van der Waals surface area contributed by atoms with E-state index in [1.165, 1.54) is 0 Å². The van der Waals surface area contributed by atoms with E-state index in [1.807, 2.05) is 0 Å². The van der Waals surface area contributed by atoms with Crippen molar-refractivity contribution >= 4 is 6.16 Å². The Morgan fingerprint density at radius 3 is 1.69 bits per heavy atom. The number of cyclic esters (lactones) is 2. The second-order valence-corrected chi connectivity index (χ2v) is 3.08. The summed E-state index contributed by atoms with van der Waals surface area (Å²) in [7, 11) is 0. The third-order valence-electron chi connectivity index (χ3n) is 2.03. The van der Waals surface area contributed by atoms with Gasteiger partial charge in [-0.2, -0.15) is 30.7 Å². The van der Waals surface area contributed by atoms with E-state index in [2.05, 4.69) is 9.47 Å². The van der Waals surface area contributed by atoms with Crippen molar-refractivity contribution in [3.8, 4) is 0 Å². The molecule has 0 aromatic carbocycles. The van der Waals surface area contributed by atoms with Crippen LogP contribution < -0.4 is 0 Å². The Balaban J connectivity index is 3.34. The lowest BCUT2D eigenvalue weighted by molar-refractivity contribution is -0.381. The largest absolute Gasteiger partial charge is 0.512 e. The minimum atomic E-state index is -6.07. The van der Waals surface area contributed by atoms with Gasteiger partial charge in [-0.05, 0) is 6.92 Å². The van der Waals surface area contributed by atoms with Gasteiger partial charge in [0.05, 0.1) is 0 Å². The molecule has 0 N–H and O–H groups in total. The molecule has 0 radical (unpaired) electrons. The fourth-order valence-corrected chi connectivity index (χ4v) is 1.03. The van der Waals surface area contributed by atoms with E-state index in [-0.39, 0.29) is 6.92 Å². The molecule has 0 aliphatic carbocycles. The summed E-state index contributed by atoms with van der Waals surface area (Å²) in [5.74, 6) is -5.25. The van der Waals surface area contributed by atoms with Crippen LogP contribution in [0.2, 0.25) is 0 Å². The lowest BCUT2D eigenvalue weighted by Gasteiger charge is -2.33. The van der Waals surface area contributed by atoms with E-state index < -0.39 is 30.0 Å². The van der Waals surface area contributed by atoms with Crippen molar-refractivity contribution in [3.63, 3.8) is 0 Å². The third-order valence-corrected chi connectivity index (χ3v) is 2.03. The zero-order chi connectivity index (χ0) is 13.0. The van der Waals surface area contributed by atoms with Crippen molar-refractivity contribution < 1.29 is 45.0 Å². The molecule has 94 valence electrons. The van der Waals surface area contributed by atoms with E-state index >= 15 is 0 Å². The Labute approximate surface area is 83.1 Å². The zero-order valence-electron chi connectivity index (χ0n) is 7.37. The van der Waals surface area contributed by atoms with Gasteiger partial charge in [-0.15, -0.1) is 0 Å². The van der Waals surface area contributed by atoms with Crippen LogP contribution in [0.4, 0.5) is 35.5 Å². The quantitative estimate of drug-likeness (QED) is 0.493. The van der Waals surface area contributed by atoms with Crippen LogP contribution in [0.1, 0.15) is 6.92 Å². The van der Waals surface area contributed by atoms with Gasteiger partial charge in [-0.25, -0.2) is 4.79 Å². The average molecular weight is 256 g/mol. The van der Waals surface area contributed by atoms with Gasteiger partial charge in [0.25, 0.3) is 5.60 Å². The summed E-state index contributed by atoms with van der Waals surface area (Å²) in [5.41, 5.74) is -4.42. The molecule has 10 heteroatoms. The van der Waals surface area contributed by atoms with Crippen molar-refractivity contribution in [3.05, 3.63) is 0 Å². The molecule has 1 aliphatic rings. The van der Waals surface area contributed by atoms with Gasteiger partial charge in [0.1, 0.15) is 0 Å². The van der Waals surface area contributed by atoms with Gasteiger partial charge in [0.15, 0.2) is 0 Å². The van der Waals surface area contributed by atoms with E-state index in [1.54, 1.807) is 0 Å². The van der Waals surface area contributed by atoms with Crippen molar-refractivity contribution in [2.45, 2.75) is 30.7 Å². The number of halogens is 7. The molecule has 0 amide bonds. The predicted molar refractivity (Wildman–Crippen MR) is 31.9 cm³/mol. The van der Waals surface area contributed by atoms with Crippen LogP contribution in [0.5, 0.6) is 0 Å². The smallest absolute Gasteiger partial charge is 0.410 e. The molecule has 2 atom stereocenters. The summed E-state index contributed by atoms with van der Waals surface area (Å²) >= 11 is 0. The van der Waals surface area contributed by atoms with Crippen LogP contribution in [-0.2, 0) is 9.47 Å². The average Bonchev–Trinajstić information content (AvgIpc) is 2.21. The molecule has 1 heterocycles. The standard InChI is InChI=1S/C6H3F7O3/c1-3(5(8,9)10)4(7,6(11,12)13)16-2(14)15-3/h1H3. The Morgan fingerprint density at radius 1 is 1.00 bits per heavy atom. The molecule has 3 nitrogen and oxygen atoms in total. The number of ether oxygens (including phenoxy) is 2. The van der Waals surface area contributed by atoms with Crippen LogP contribution in [0, 0.1) is 0 Å². The molecule has 0 saturated carbocycles. The highest BCUT2D eigenvalue weighted by Crippen LogP contribution is 2.55. The number of hydrogen-bond acceptors (Lipinski definition) is 3. The molecule has 2 unspecified atom stereocenters. The summed E-state index contributed by atoms with van der Waals surface area (Å²) in [5, 5.41) is 0.